The summed E-state index contributed by atoms with van der Waals surface area (Å²) in [5.41, 5.74) is 2.14. The molecule has 1 aromatic carbocycles. The number of anilines is 1. The number of rotatable bonds is 11. The van der Waals surface area contributed by atoms with Gasteiger partial charge in [-0.2, -0.15) is 8.42 Å². The SMILES string of the molecule is CC[Si](CC)(O[C@H]1C[C@H](n2ccc3c(NCc4ccccc4)nccc32)O[C@@H]1COS(N)(=O)=O)C(C)(C)C. The van der Waals surface area contributed by atoms with Crippen molar-refractivity contribution >= 4 is 35.3 Å². The van der Waals surface area contributed by atoms with Crippen LogP contribution in [-0.4, -0.2) is 45.1 Å². The standard InChI is InChI=1S/C27H40N4O5SSi/c1-6-38(7-2,27(3,4)5)36-23-17-25(35-24(23)19-34-37(28,32)33)31-16-14-21-22(31)13-15-29-26(21)30-18-20-11-9-8-10-12-20/h8-16,23-25H,6-7,17-19H2,1-5H3,(H,29,30)(H2,28,32,33)/t23-,24+,25+/m0/s1. The van der Waals surface area contributed by atoms with Gasteiger partial charge in [0.1, 0.15) is 18.1 Å². The zero-order valence-corrected chi connectivity index (χ0v) is 24.7. The van der Waals surface area contributed by atoms with Gasteiger partial charge in [0, 0.05) is 30.7 Å². The van der Waals surface area contributed by atoms with Crippen LogP contribution in [0.2, 0.25) is 17.1 Å². The third-order valence-electron chi connectivity index (χ3n) is 7.72. The molecule has 1 saturated heterocycles. The van der Waals surface area contributed by atoms with Crippen molar-refractivity contribution in [2.45, 2.75) is 83.1 Å². The average molecular weight is 561 g/mol. The topological polar surface area (TPSA) is 118 Å². The summed E-state index contributed by atoms with van der Waals surface area (Å²) >= 11 is 0. The fourth-order valence-electron chi connectivity index (χ4n) is 5.51. The Bertz CT molecular complexity index is 1320. The summed E-state index contributed by atoms with van der Waals surface area (Å²) in [5.74, 6) is 0.793. The number of ether oxygens (including phenoxy) is 1. The molecule has 1 fully saturated rings. The van der Waals surface area contributed by atoms with Crippen LogP contribution in [0.4, 0.5) is 5.82 Å². The molecule has 9 nitrogen and oxygen atoms in total. The Morgan fingerprint density at radius 2 is 1.87 bits per heavy atom. The first-order chi connectivity index (χ1) is 18.0. The van der Waals surface area contributed by atoms with E-state index < -0.39 is 24.7 Å². The largest absolute Gasteiger partial charge is 0.410 e. The summed E-state index contributed by atoms with van der Waals surface area (Å²) < 4.78 is 43.6. The number of nitrogens with one attached hydrogen (secondary N) is 1. The molecule has 0 amide bonds. The number of pyridine rings is 1. The zero-order chi connectivity index (χ0) is 27.6. The summed E-state index contributed by atoms with van der Waals surface area (Å²) in [4.78, 5) is 4.56. The van der Waals surface area contributed by atoms with Gasteiger partial charge in [0.2, 0.25) is 0 Å². The predicted octanol–water partition coefficient (Wildman–Crippen LogP) is 5.33. The van der Waals surface area contributed by atoms with Crippen molar-refractivity contribution in [1.29, 1.82) is 0 Å². The third kappa shape index (κ3) is 6.30. The highest BCUT2D eigenvalue weighted by Crippen LogP contribution is 2.46. The van der Waals surface area contributed by atoms with Crippen LogP contribution in [0.15, 0.2) is 54.9 Å². The Kier molecular flexibility index (Phi) is 8.65. The molecule has 1 aliphatic heterocycles. The first-order valence-corrected chi connectivity index (χ1v) is 17.0. The van der Waals surface area contributed by atoms with Crippen LogP contribution >= 0.6 is 0 Å². The van der Waals surface area contributed by atoms with Gasteiger partial charge in [-0.3, -0.25) is 4.18 Å². The highest BCUT2D eigenvalue weighted by atomic mass is 32.2. The second kappa shape index (κ2) is 11.4. The molecule has 0 bridgehead atoms. The smallest absolute Gasteiger partial charge is 0.333 e. The summed E-state index contributed by atoms with van der Waals surface area (Å²) in [5, 5.41) is 9.57. The molecule has 3 aromatic rings. The van der Waals surface area contributed by atoms with Gasteiger partial charge in [0.05, 0.1) is 18.2 Å². The Morgan fingerprint density at radius 1 is 1.16 bits per heavy atom. The normalized spacial score (nSPS) is 20.7. The number of aromatic nitrogens is 2. The Hall–Kier alpha value is -2.28. The lowest BCUT2D eigenvalue weighted by molar-refractivity contribution is -0.0349. The van der Waals surface area contributed by atoms with Gasteiger partial charge < -0.3 is 19.0 Å². The van der Waals surface area contributed by atoms with E-state index in [0.717, 1.165) is 28.8 Å². The number of hydrogen-bond acceptors (Lipinski definition) is 7. The number of nitrogens with two attached hydrogens (primary N) is 1. The van der Waals surface area contributed by atoms with Crippen LogP contribution in [-0.2, 0) is 30.2 Å². The molecule has 1 aliphatic rings. The molecule has 4 rings (SSSR count). The molecule has 3 atom stereocenters. The molecule has 38 heavy (non-hydrogen) atoms. The van der Waals surface area contributed by atoms with Gasteiger partial charge in [0.25, 0.3) is 0 Å². The molecule has 0 radical (unpaired) electrons. The van der Waals surface area contributed by atoms with E-state index >= 15 is 0 Å². The van der Waals surface area contributed by atoms with Crippen LogP contribution in [0.3, 0.4) is 0 Å². The summed E-state index contributed by atoms with van der Waals surface area (Å²) in [6.07, 6.45) is 3.10. The Morgan fingerprint density at radius 3 is 2.50 bits per heavy atom. The van der Waals surface area contributed by atoms with Gasteiger partial charge in [-0.05, 0) is 34.8 Å². The summed E-state index contributed by atoms with van der Waals surface area (Å²) in [6.45, 7) is 11.5. The van der Waals surface area contributed by atoms with Gasteiger partial charge in [-0.25, -0.2) is 10.1 Å². The fraction of sp³-hybridized carbons (Fsp3) is 0.519. The Labute approximate surface area is 227 Å². The molecule has 0 saturated carbocycles. The highest BCUT2D eigenvalue weighted by molar-refractivity contribution is 7.84. The van der Waals surface area contributed by atoms with Crippen LogP contribution in [0.1, 0.15) is 52.8 Å². The molecule has 3 N–H and O–H groups in total. The Balaban J connectivity index is 1.60. The predicted molar refractivity (Wildman–Crippen MR) is 152 cm³/mol. The molecule has 11 heteroatoms. The molecular formula is C27H40N4O5SSi. The number of nitrogens with zero attached hydrogens (tertiary/aromatic N) is 2. The average Bonchev–Trinajstić information content (AvgIpc) is 3.48. The number of fused-ring (bicyclic) bond motifs is 1. The van der Waals surface area contributed by atoms with Crippen molar-refractivity contribution in [3.63, 3.8) is 0 Å². The van der Waals surface area contributed by atoms with E-state index in [2.05, 4.69) is 61.6 Å². The quantitative estimate of drug-likeness (QED) is 0.305. The van der Waals surface area contributed by atoms with E-state index in [1.54, 1.807) is 6.20 Å². The lowest BCUT2D eigenvalue weighted by Gasteiger charge is -2.43. The lowest BCUT2D eigenvalue weighted by Crippen LogP contribution is -2.50. The van der Waals surface area contributed by atoms with Gasteiger partial charge in [-0.1, -0.05) is 65.0 Å². The fourth-order valence-corrected chi connectivity index (χ4v) is 9.97. The van der Waals surface area contributed by atoms with Crippen molar-refractivity contribution < 1.29 is 21.8 Å². The van der Waals surface area contributed by atoms with Crippen LogP contribution in [0, 0.1) is 0 Å². The van der Waals surface area contributed by atoms with Gasteiger partial charge in [-0.15, -0.1) is 0 Å². The third-order valence-corrected chi connectivity index (χ3v) is 14.0. The second-order valence-corrected chi connectivity index (χ2v) is 17.3. The second-order valence-electron chi connectivity index (χ2n) is 10.9. The van der Waals surface area contributed by atoms with E-state index in [4.69, 9.17) is 18.5 Å². The van der Waals surface area contributed by atoms with E-state index in [9.17, 15) is 8.42 Å². The van der Waals surface area contributed by atoms with Gasteiger partial charge >= 0.3 is 10.3 Å². The molecule has 0 spiro atoms. The number of benzene rings is 1. The minimum Gasteiger partial charge on any atom is -0.410 e. The first-order valence-electron chi connectivity index (χ1n) is 13.2. The van der Waals surface area contributed by atoms with Gasteiger partial charge in [0.15, 0.2) is 8.32 Å². The summed E-state index contributed by atoms with van der Waals surface area (Å²) in [7, 11) is -6.30. The van der Waals surface area contributed by atoms with E-state index in [1.807, 2.05) is 36.5 Å². The maximum atomic E-state index is 11.6. The van der Waals surface area contributed by atoms with E-state index in [1.165, 1.54) is 5.56 Å². The maximum absolute atomic E-state index is 11.6. The van der Waals surface area contributed by atoms with Crippen LogP contribution in [0.25, 0.3) is 10.9 Å². The molecule has 0 unspecified atom stereocenters. The van der Waals surface area contributed by atoms with Crippen molar-refractivity contribution in [2.75, 3.05) is 11.9 Å². The van der Waals surface area contributed by atoms with Crippen LogP contribution < -0.4 is 10.5 Å². The molecule has 0 aliphatic carbocycles. The highest BCUT2D eigenvalue weighted by Gasteiger charge is 2.49. The molecule has 3 heterocycles. The lowest BCUT2D eigenvalue weighted by atomic mass is 10.2. The van der Waals surface area contributed by atoms with E-state index in [0.29, 0.717) is 13.0 Å². The maximum Gasteiger partial charge on any atom is 0.333 e. The minimum atomic E-state index is -4.11. The van der Waals surface area contributed by atoms with Crippen LogP contribution in [0.5, 0.6) is 0 Å². The van der Waals surface area contributed by atoms with Crippen molar-refractivity contribution in [3.05, 3.63) is 60.4 Å². The first kappa shape index (κ1) is 28.7. The molecule has 2 aromatic heterocycles. The summed E-state index contributed by atoms with van der Waals surface area (Å²) in [6, 6.07) is 16.1. The molecular weight excluding hydrogens is 520 g/mol. The minimum absolute atomic E-state index is 0.00504. The number of hydrogen-bond donors (Lipinski definition) is 2. The zero-order valence-electron chi connectivity index (χ0n) is 22.9. The van der Waals surface area contributed by atoms with E-state index in [-0.39, 0.29) is 24.0 Å². The molecule has 208 valence electrons. The van der Waals surface area contributed by atoms with Crippen molar-refractivity contribution in [3.8, 4) is 0 Å². The van der Waals surface area contributed by atoms with Crippen molar-refractivity contribution in [2.24, 2.45) is 5.14 Å². The monoisotopic (exact) mass is 560 g/mol. The van der Waals surface area contributed by atoms with Crippen molar-refractivity contribution in [1.82, 2.24) is 9.55 Å².